The van der Waals surface area contributed by atoms with Gasteiger partial charge in [-0.05, 0) is 18.9 Å². The van der Waals surface area contributed by atoms with Gasteiger partial charge < -0.3 is 4.74 Å². The summed E-state index contributed by atoms with van der Waals surface area (Å²) in [6, 6.07) is 7.81. The van der Waals surface area contributed by atoms with Gasteiger partial charge >= 0.3 is 6.01 Å². The van der Waals surface area contributed by atoms with Crippen LogP contribution in [0.3, 0.4) is 0 Å². The van der Waals surface area contributed by atoms with Crippen molar-refractivity contribution in [3.8, 4) is 6.01 Å². The summed E-state index contributed by atoms with van der Waals surface area (Å²) in [4.78, 5) is 8.48. The number of hydrogen-bond donors (Lipinski definition) is 0. The third-order valence-corrected chi connectivity index (χ3v) is 4.95. The topological polar surface area (TPSA) is 72.4 Å². The molecule has 1 aliphatic rings. The van der Waals surface area contributed by atoms with Crippen molar-refractivity contribution in [1.29, 1.82) is 0 Å². The second-order valence-corrected chi connectivity index (χ2v) is 7.13. The average molecular weight is 307 g/mol. The molecule has 7 heteroatoms. The highest BCUT2D eigenvalue weighted by molar-refractivity contribution is 7.88. The van der Waals surface area contributed by atoms with Crippen molar-refractivity contribution in [3.63, 3.8) is 0 Å². The highest BCUT2D eigenvalue weighted by Crippen LogP contribution is 2.21. The lowest BCUT2D eigenvalue weighted by Crippen LogP contribution is -2.38. The first-order valence-electron chi connectivity index (χ1n) is 6.85. The van der Waals surface area contributed by atoms with Crippen molar-refractivity contribution < 1.29 is 13.2 Å². The monoisotopic (exact) mass is 307 g/mol. The summed E-state index contributed by atoms with van der Waals surface area (Å²) in [5, 5.41) is 0.948. The zero-order valence-corrected chi connectivity index (χ0v) is 12.6. The zero-order valence-electron chi connectivity index (χ0n) is 11.8. The molecule has 2 aromatic rings. The van der Waals surface area contributed by atoms with Crippen LogP contribution < -0.4 is 4.74 Å². The van der Waals surface area contributed by atoms with Crippen molar-refractivity contribution >= 4 is 20.9 Å². The molecule has 0 spiro atoms. The summed E-state index contributed by atoms with van der Waals surface area (Å²) < 4.78 is 30.4. The van der Waals surface area contributed by atoms with Crippen LogP contribution in [0, 0.1) is 0 Å². The number of benzene rings is 1. The standard InChI is InChI=1S/C14H17N3O3S/c1-21(18,19)17-8-4-6-12(17)10-20-14-15-9-11-5-2-3-7-13(11)16-14/h2-3,5,7,9,12H,4,6,8,10H2,1H3/t12-/m0/s1. The van der Waals surface area contributed by atoms with Crippen LogP contribution in [0.25, 0.3) is 10.9 Å². The highest BCUT2D eigenvalue weighted by Gasteiger charge is 2.31. The Morgan fingerprint density at radius 1 is 1.38 bits per heavy atom. The number of nitrogens with zero attached hydrogens (tertiary/aromatic N) is 3. The molecule has 1 aliphatic heterocycles. The van der Waals surface area contributed by atoms with Crippen LogP contribution in [0.5, 0.6) is 6.01 Å². The molecule has 1 fully saturated rings. The fraction of sp³-hybridized carbons (Fsp3) is 0.429. The molecule has 21 heavy (non-hydrogen) atoms. The molecule has 2 heterocycles. The molecule has 6 nitrogen and oxygen atoms in total. The number of ether oxygens (including phenoxy) is 1. The van der Waals surface area contributed by atoms with Gasteiger partial charge in [-0.2, -0.15) is 9.29 Å². The molecule has 0 bridgehead atoms. The van der Waals surface area contributed by atoms with Crippen LogP contribution in [0.4, 0.5) is 0 Å². The SMILES string of the molecule is CS(=O)(=O)N1CCC[C@H]1COc1ncc2ccccc2n1. The summed E-state index contributed by atoms with van der Waals surface area (Å²) in [7, 11) is -3.18. The first-order chi connectivity index (χ1) is 10.0. The van der Waals surface area contributed by atoms with Gasteiger partial charge in [0, 0.05) is 18.1 Å². The minimum atomic E-state index is -3.18. The normalized spacial score (nSPS) is 20.0. The summed E-state index contributed by atoms with van der Waals surface area (Å²) in [6.07, 6.45) is 4.61. The Kier molecular flexibility index (Phi) is 3.77. The second-order valence-electron chi connectivity index (χ2n) is 5.19. The Bertz CT molecular complexity index is 748. The number of hydrogen-bond acceptors (Lipinski definition) is 5. The maximum absolute atomic E-state index is 11.7. The predicted molar refractivity (Wildman–Crippen MR) is 79.6 cm³/mol. The van der Waals surface area contributed by atoms with Crippen molar-refractivity contribution in [3.05, 3.63) is 30.5 Å². The summed E-state index contributed by atoms with van der Waals surface area (Å²) in [5.74, 6) is 0. The molecule has 1 aromatic carbocycles. The van der Waals surface area contributed by atoms with Gasteiger partial charge in [-0.15, -0.1) is 0 Å². The predicted octanol–water partition coefficient (Wildman–Crippen LogP) is 1.43. The fourth-order valence-electron chi connectivity index (χ4n) is 2.61. The van der Waals surface area contributed by atoms with E-state index in [2.05, 4.69) is 9.97 Å². The smallest absolute Gasteiger partial charge is 0.316 e. The van der Waals surface area contributed by atoms with Gasteiger partial charge in [0.15, 0.2) is 0 Å². The van der Waals surface area contributed by atoms with Gasteiger partial charge in [0.2, 0.25) is 10.0 Å². The zero-order chi connectivity index (χ0) is 14.9. The Labute approximate surface area is 123 Å². The molecule has 1 atom stereocenters. The minimum Gasteiger partial charge on any atom is -0.462 e. The van der Waals surface area contributed by atoms with Gasteiger partial charge in [0.1, 0.15) is 6.61 Å². The molecule has 0 amide bonds. The molecule has 0 saturated carbocycles. The van der Waals surface area contributed by atoms with Crippen LogP contribution in [-0.2, 0) is 10.0 Å². The lowest BCUT2D eigenvalue weighted by atomic mass is 10.2. The third-order valence-electron chi connectivity index (χ3n) is 3.62. The van der Waals surface area contributed by atoms with E-state index in [4.69, 9.17) is 4.74 Å². The van der Waals surface area contributed by atoms with Crippen LogP contribution in [0.15, 0.2) is 30.5 Å². The van der Waals surface area contributed by atoms with Crippen LogP contribution in [0.2, 0.25) is 0 Å². The van der Waals surface area contributed by atoms with Gasteiger partial charge in [-0.25, -0.2) is 13.4 Å². The van der Waals surface area contributed by atoms with Crippen molar-refractivity contribution in [1.82, 2.24) is 14.3 Å². The first-order valence-corrected chi connectivity index (χ1v) is 8.70. The Hall–Kier alpha value is -1.73. The Morgan fingerprint density at radius 2 is 2.19 bits per heavy atom. The Morgan fingerprint density at radius 3 is 3.00 bits per heavy atom. The van der Waals surface area contributed by atoms with E-state index >= 15 is 0 Å². The van der Waals surface area contributed by atoms with Crippen molar-refractivity contribution in [2.24, 2.45) is 0 Å². The number of fused-ring (bicyclic) bond motifs is 1. The fourth-order valence-corrected chi connectivity index (χ4v) is 3.78. The molecule has 0 N–H and O–H groups in total. The molecule has 1 aromatic heterocycles. The van der Waals surface area contributed by atoms with Crippen LogP contribution in [-0.4, -0.2) is 48.1 Å². The second kappa shape index (κ2) is 5.57. The van der Waals surface area contributed by atoms with Gasteiger partial charge in [-0.1, -0.05) is 18.2 Å². The number of para-hydroxylation sites is 1. The Balaban J connectivity index is 1.71. The number of aromatic nitrogens is 2. The molecule has 112 valence electrons. The lowest BCUT2D eigenvalue weighted by molar-refractivity contribution is 0.219. The van der Waals surface area contributed by atoms with Crippen molar-refractivity contribution in [2.45, 2.75) is 18.9 Å². The van der Waals surface area contributed by atoms with Gasteiger partial charge in [0.05, 0.1) is 17.8 Å². The van der Waals surface area contributed by atoms with E-state index in [1.807, 2.05) is 24.3 Å². The summed E-state index contributed by atoms with van der Waals surface area (Å²) in [5.41, 5.74) is 0.814. The molecular formula is C14H17N3O3S. The highest BCUT2D eigenvalue weighted by atomic mass is 32.2. The maximum atomic E-state index is 11.7. The molecule has 0 unspecified atom stereocenters. The maximum Gasteiger partial charge on any atom is 0.316 e. The van der Waals surface area contributed by atoms with Gasteiger partial charge in [0.25, 0.3) is 0 Å². The largest absolute Gasteiger partial charge is 0.462 e. The van der Waals surface area contributed by atoms with Crippen LogP contribution in [0.1, 0.15) is 12.8 Å². The summed E-state index contributed by atoms with van der Waals surface area (Å²) >= 11 is 0. The first kappa shape index (κ1) is 14.2. The summed E-state index contributed by atoms with van der Waals surface area (Å²) in [6.45, 7) is 0.844. The molecular weight excluding hydrogens is 290 g/mol. The van der Waals surface area contributed by atoms with E-state index in [0.717, 1.165) is 23.7 Å². The average Bonchev–Trinajstić information content (AvgIpc) is 2.93. The lowest BCUT2D eigenvalue weighted by Gasteiger charge is -2.21. The van der Waals surface area contributed by atoms with E-state index < -0.39 is 10.0 Å². The van der Waals surface area contributed by atoms with E-state index in [1.165, 1.54) is 10.6 Å². The van der Waals surface area contributed by atoms with Crippen LogP contribution >= 0.6 is 0 Å². The van der Waals surface area contributed by atoms with Gasteiger partial charge in [-0.3, -0.25) is 0 Å². The van der Waals surface area contributed by atoms with E-state index in [0.29, 0.717) is 6.54 Å². The minimum absolute atomic E-state index is 0.130. The van der Waals surface area contributed by atoms with E-state index in [9.17, 15) is 8.42 Å². The molecule has 0 radical (unpaired) electrons. The van der Waals surface area contributed by atoms with E-state index in [-0.39, 0.29) is 18.7 Å². The number of rotatable bonds is 4. The van der Waals surface area contributed by atoms with E-state index in [1.54, 1.807) is 6.20 Å². The molecule has 3 rings (SSSR count). The molecule has 0 aliphatic carbocycles. The number of sulfonamides is 1. The third kappa shape index (κ3) is 3.14. The molecule has 1 saturated heterocycles. The van der Waals surface area contributed by atoms with Crippen molar-refractivity contribution in [2.75, 3.05) is 19.4 Å². The quantitative estimate of drug-likeness (QED) is 0.854.